The summed E-state index contributed by atoms with van der Waals surface area (Å²) in [4.78, 5) is 4.10. The first-order chi connectivity index (χ1) is 7.29. The van der Waals surface area contributed by atoms with E-state index in [2.05, 4.69) is 16.5 Å². The highest BCUT2D eigenvalue weighted by Gasteiger charge is 2.32. The van der Waals surface area contributed by atoms with Gasteiger partial charge in [0.05, 0.1) is 24.8 Å². The molecule has 1 aliphatic rings. The van der Waals surface area contributed by atoms with Crippen molar-refractivity contribution in [2.75, 3.05) is 0 Å². The number of hydrogen-bond donors (Lipinski definition) is 1. The molecule has 15 heavy (non-hydrogen) atoms. The van der Waals surface area contributed by atoms with Crippen LogP contribution in [-0.4, -0.2) is 14.7 Å². The first kappa shape index (κ1) is 10.7. The predicted molar refractivity (Wildman–Crippen MR) is 59.3 cm³/mol. The predicted octanol–water partition coefficient (Wildman–Crippen LogP) is 2.35. The van der Waals surface area contributed by atoms with Gasteiger partial charge >= 0.3 is 0 Å². The van der Waals surface area contributed by atoms with Gasteiger partial charge in [-0.1, -0.05) is 19.8 Å². The summed E-state index contributed by atoms with van der Waals surface area (Å²) in [6, 6.07) is 0. The van der Waals surface area contributed by atoms with E-state index < -0.39 is 0 Å². The molecule has 0 bridgehead atoms. The lowest BCUT2D eigenvalue weighted by molar-refractivity contribution is 0.219. The molecule has 0 atom stereocenters. The summed E-state index contributed by atoms with van der Waals surface area (Å²) in [5, 5.41) is 9.18. The van der Waals surface area contributed by atoms with Crippen LogP contribution in [0.1, 0.15) is 44.7 Å². The van der Waals surface area contributed by atoms with Crippen molar-refractivity contribution in [1.29, 1.82) is 0 Å². The largest absolute Gasteiger partial charge is 0.390 e. The molecular weight excluding hydrogens is 188 g/mol. The monoisotopic (exact) mass is 208 g/mol. The van der Waals surface area contributed by atoms with Crippen molar-refractivity contribution in [1.82, 2.24) is 9.55 Å². The second-order valence-electron chi connectivity index (χ2n) is 4.73. The fraction of sp³-hybridized carbons (Fsp3) is 0.750. The number of hydrogen-bond acceptors (Lipinski definition) is 2. The van der Waals surface area contributed by atoms with Gasteiger partial charge in [-0.05, 0) is 24.7 Å². The Morgan fingerprint density at radius 3 is 2.80 bits per heavy atom. The van der Waals surface area contributed by atoms with Gasteiger partial charge in [0.2, 0.25) is 0 Å². The summed E-state index contributed by atoms with van der Waals surface area (Å²) in [7, 11) is 0. The quantitative estimate of drug-likeness (QED) is 0.824. The fourth-order valence-electron chi connectivity index (χ4n) is 2.73. The zero-order chi connectivity index (χ0) is 10.7. The highest BCUT2D eigenvalue weighted by atomic mass is 16.3. The lowest BCUT2D eigenvalue weighted by atomic mass is 9.83. The Morgan fingerprint density at radius 1 is 1.47 bits per heavy atom. The van der Waals surface area contributed by atoms with Gasteiger partial charge in [-0.3, -0.25) is 0 Å². The third-order valence-corrected chi connectivity index (χ3v) is 3.88. The van der Waals surface area contributed by atoms with E-state index >= 15 is 0 Å². The van der Waals surface area contributed by atoms with Crippen LogP contribution >= 0.6 is 0 Å². The summed E-state index contributed by atoms with van der Waals surface area (Å²) < 4.78 is 2.12. The average Bonchev–Trinajstić information content (AvgIpc) is 2.88. The number of aliphatic hydroxyl groups excluding tert-OH is 1. The number of aromatic nitrogens is 2. The molecule has 1 heterocycles. The number of rotatable bonds is 4. The Balaban J connectivity index is 2.12. The topological polar surface area (TPSA) is 38.0 Å². The van der Waals surface area contributed by atoms with Gasteiger partial charge in [-0.15, -0.1) is 0 Å². The SMILES string of the molecule is CCC1(Cn2cncc2CO)CCCC1. The lowest BCUT2D eigenvalue weighted by Gasteiger charge is -2.28. The van der Waals surface area contributed by atoms with Crippen molar-refractivity contribution in [3.63, 3.8) is 0 Å². The summed E-state index contributed by atoms with van der Waals surface area (Å²) >= 11 is 0. The van der Waals surface area contributed by atoms with Gasteiger partial charge in [-0.25, -0.2) is 4.98 Å². The minimum absolute atomic E-state index is 0.0970. The van der Waals surface area contributed by atoms with Crippen molar-refractivity contribution in [3.05, 3.63) is 18.2 Å². The van der Waals surface area contributed by atoms with E-state index in [-0.39, 0.29) is 6.61 Å². The Labute approximate surface area is 91.1 Å². The van der Waals surface area contributed by atoms with Crippen LogP contribution in [0.2, 0.25) is 0 Å². The van der Waals surface area contributed by atoms with Gasteiger partial charge in [-0.2, -0.15) is 0 Å². The van der Waals surface area contributed by atoms with Gasteiger partial charge in [0, 0.05) is 6.54 Å². The highest BCUT2D eigenvalue weighted by Crippen LogP contribution is 2.42. The van der Waals surface area contributed by atoms with Crippen molar-refractivity contribution in [2.45, 2.75) is 52.2 Å². The molecule has 2 rings (SSSR count). The number of nitrogens with zero attached hydrogens (tertiary/aromatic N) is 2. The minimum atomic E-state index is 0.0970. The van der Waals surface area contributed by atoms with Crippen molar-refractivity contribution in [2.24, 2.45) is 5.41 Å². The molecule has 0 radical (unpaired) electrons. The molecule has 84 valence electrons. The van der Waals surface area contributed by atoms with Crippen LogP contribution in [0.15, 0.2) is 12.5 Å². The minimum Gasteiger partial charge on any atom is -0.390 e. The van der Waals surface area contributed by atoms with Crippen LogP contribution in [0, 0.1) is 5.41 Å². The van der Waals surface area contributed by atoms with E-state index in [1.807, 2.05) is 6.33 Å². The Kier molecular flexibility index (Phi) is 3.10. The molecule has 0 unspecified atom stereocenters. The summed E-state index contributed by atoms with van der Waals surface area (Å²) in [5.41, 5.74) is 1.40. The van der Waals surface area contributed by atoms with E-state index in [1.54, 1.807) is 6.20 Å². The molecule has 3 nitrogen and oxygen atoms in total. The molecule has 1 N–H and O–H groups in total. The molecule has 1 fully saturated rings. The van der Waals surface area contributed by atoms with E-state index in [1.165, 1.54) is 32.1 Å². The maximum absolute atomic E-state index is 9.18. The number of imidazole rings is 1. The third-order valence-electron chi connectivity index (χ3n) is 3.88. The van der Waals surface area contributed by atoms with E-state index in [4.69, 9.17) is 0 Å². The van der Waals surface area contributed by atoms with Crippen LogP contribution in [0.5, 0.6) is 0 Å². The molecule has 1 aromatic heterocycles. The van der Waals surface area contributed by atoms with Crippen molar-refractivity contribution < 1.29 is 5.11 Å². The molecular formula is C12H20N2O. The molecule has 3 heteroatoms. The smallest absolute Gasteiger partial charge is 0.0949 e. The zero-order valence-electron chi connectivity index (χ0n) is 9.45. The molecule has 1 saturated carbocycles. The van der Waals surface area contributed by atoms with Crippen LogP contribution in [-0.2, 0) is 13.2 Å². The Bertz CT molecular complexity index is 313. The zero-order valence-corrected chi connectivity index (χ0v) is 9.45. The Hall–Kier alpha value is -0.830. The maximum Gasteiger partial charge on any atom is 0.0949 e. The van der Waals surface area contributed by atoms with Crippen molar-refractivity contribution in [3.8, 4) is 0 Å². The average molecular weight is 208 g/mol. The van der Waals surface area contributed by atoms with Crippen LogP contribution in [0.4, 0.5) is 0 Å². The third kappa shape index (κ3) is 2.07. The second-order valence-corrected chi connectivity index (χ2v) is 4.73. The number of aliphatic hydroxyl groups is 1. The highest BCUT2D eigenvalue weighted by molar-refractivity contribution is 4.98. The molecule has 0 aromatic carbocycles. The normalized spacial score (nSPS) is 19.6. The molecule has 0 spiro atoms. The molecule has 1 aliphatic carbocycles. The molecule has 0 aliphatic heterocycles. The van der Waals surface area contributed by atoms with Gasteiger partial charge in [0.15, 0.2) is 0 Å². The fourth-order valence-corrected chi connectivity index (χ4v) is 2.73. The van der Waals surface area contributed by atoms with Crippen LogP contribution in [0.3, 0.4) is 0 Å². The first-order valence-corrected chi connectivity index (χ1v) is 5.89. The molecule has 1 aromatic rings. The summed E-state index contributed by atoms with van der Waals surface area (Å²) in [5.74, 6) is 0. The Morgan fingerprint density at radius 2 is 2.20 bits per heavy atom. The molecule has 0 saturated heterocycles. The summed E-state index contributed by atoms with van der Waals surface area (Å²) in [6.45, 7) is 3.40. The standard InChI is InChI=1S/C12H20N2O/c1-2-12(5-3-4-6-12)9-14-10-13-7-11(14)8-15/h7,10,15H,2-6,8-9H2,1H3. The van der Waals surface area contributed by atoms with Crippen LogP contribution in [0.25, 0.3) is 0 Å². The summed E-state index contributed by atoms with van der Waals surface area (Å²) in [6.07, 6.45) is 10.2. The van der Waals surface area contributed by atoms with E-state index in [9.17, 15) is 5.11 Å². The van der Waals surface area contributed by atoms with Gasteiger partial charge in [0.1, 0.15) is 0 Å². The van der Waals surface area contributed by atoms with Gasteiger partial charge in [0.25, 0.3) is 0 Å². The second kappa shape index (κ2) is 4.35. The molecule has 0 amide bonds. The van der Waals surface area contributed by atoms with E-state index in [0.29, 0.717) is 5.41 Å². The first-order valence-electron chi connectivity index (χ1n) is 5.89. The van der Waals surface area contributed by atoms with Crippen molar-refractivity contribution >= 4 is 0 Å². The van der Waals surface area contributed by atoms with Crippen LogP contribution < -0.4 is 0 Å². The lowest BCUT2D eigenvalue weighted by Crippen LogP contribution is -2.23. The van der Waals surface area contributed by atoms with Gasteiger partial charge < -0.3 is 9.67 Å². The van der Waals surface area contributed by atoms with E-state index in [0.717, 1.165) is 12.2 Å². The maximum atomic E-state index is 9.18.